The van der Waals surface area contributed by atoms with Crippen LogP contribution in [0, 0.1) is 33.6 Å². The molecule has 0 amide bonds. The third kappa shape index (κ3) is 4.60. The van der Waals surface area contributed by atoms with Crippen molar-refractivity contribution in [3.05, 3.63) is 34.4 Å². The van der Waals surface area contributed by atoms with Gasteiger partial charge in [0, 0.05) is 42.8 Å². The van der Waals surface area contributed by atoms with Gasteiger partial charge in [-0.05, 0) is 39.7 Å². The molecule has 2 aromatic rings. The number of imidazole rings is 1. The lowest BCUT2D eigenvalue weighted by molar-refractivity contribution is 0.102. The standard InChI is InChI=1S/C20H31N3O2S/c1-13(2)11-23-16(5)15(4)21-20(23)26-12-19(24)18-10-14(3)22(17(18)6)8-9-25-7/h10,13H,8-9,11-12H2,1-7H3. The van der Waals surface area contributed by atoms with Crippen molar-refractivity contribution in [3.63, 3.8) is 0 Å². The van der Waals surface area contributed by atoms with E-state index in [4.69, 9.17) is 4.74 Å². The third-order valence-corrected chi connectivity index (χ3v) is 5.67. The Morgan fingerprint density at radius 1 is 1.19 bits per heavy atom. The Morgan fingerprint density at radius 2 is 1.88 bits per heavy atom. The van der Waals surface area contributed by atoms with Gasteiger partial charge in [-0.1, -0.05) is 25.6 Å². The summed E-state index contributed by atoms with van der Waals surface area (Å²) in [5, 5.41) is 0.940. The lowest BCUT2D eigenvalue weighted by Crippen LogP contribution is -2.11. The van der Waals surface area contributed by atoms with Crippen LogP contribution in [0.25, 0.3) is 0 Å². The van der Waals surface area contributed by atoms with E-state index < -0.39 is 0 Å². The Bertz CT molecular complexity index is 775. The number of methoxy groups -OCH3 is 1. The second-order valence-electron chi connectivity index (χ2n) is 7.21. The van der Waals surface area contributed by atoms with Crippen molar-refractivity contribution in [2.75, 3.05) is 19.5 Å². The molecule has 0 fully saturated rings. The van der Waals surface area contributed by atoms with Crippen molar-refractivity contribution in [1.82, 2.24) is 14.1 Å². The maximum atomic E-state index is 12.8. The molecule has 2 heterocycles. The molecule has 0 aromatic carbocycles. The van der Waals surface area contributed by atoms with E-state index in [1.54, 1.807) is 7.11 Å². The summed E-state index contributed by atoms with van der Waals surface area (Å²) >= 11 is 1.54. The Morgan fingerprint density at radius 3 is 2.50 bits per heavy atom. The first-order chi connectivity index (χ1) is 12.3. The minimum absolute atomic E-state index is 0.154. The zero-order chi connectivity index (χ0) is 19.4. The van der Waals surface area contributed by atoms with Crippen LogP contribution in [0.4, 0.5) is 0 Å². The molecule has 0 radical (unpaired) electrons. The van der Waals surface area contributed by atoms with Gasteiger partial charge in [0.05, 0.1) is 18.1 Å². The van der Waals surface area contributed by atoms with Gasteiger partial charge in [-0.3, -0.25) is 4.79 Å². The quantitative estimate of drug-likeness (QED) is 0.485. The maximum Gasteiger partial charge on any atom is 0.175 e. The molecule has 0 aliphatic rings. The highest BCUT2D eigenvalue weighted by atomic mass is 32.2. The number of thioether (sulfide) groups is 1. The van der Waals surface area contributed by atoms with E-state index in [-0.39, 0.29) is 5.78 Å². The molecule has 0 saturated heterocycles. The number of carbonyl (C=O) groups is 1. The number of aromatic nitrogens is 3. The average molecular weight is 378 g/mol. The molecule has 26 heavy (non-hydrogen) atoms. The molecule has 6 heteroatoms. The van der Waals surface area contributed by atoms with Crippen LogP contribution in [0.2, 0.25) is 0 Å². The van der Waals surface area contributed by atoms with Crippen LogP contribution in [0.15, 0.2) is 11.2 Å². The van der Waals surface area contributed by atoms with Gasteiger partial charge in [0.2, 0.25) is 0 Å². The Labute approximate surface area is 161 Å². The molecule has 144 valence electrons. The second-order valence-corrected chi connectivity index (χ2v) is 8.15. The summed E-state index contributed by atoms with van der Waals surface area (Å²) in [7, 11) is 1.69. The smallest absolute Gasteiger partial charge is 0.175 e. The molecular formula is C20H31N3O2S. The summed E-state index contributed by atoms with van der Waals surface area (Å²) in [6, 6.07) is 1.99. The fourth-order valence-corrected chi connectivity index (χ4v) is 4.12. The molecule has 0 N–H and O–H groups in total. The van der Waals surface area contributed by atoms with Gasteiger partial charge in [0.1, 0.15) is 0 Å². The Kier molecular flexibility index (Phi) is 7.12. The van der Waals surface area contributed by atoms with Crippen molar-refractivity contribution in [1.29, 1.82) is 0 Å². The van der Waals surface area contributed by atoms with Gasteiger partial charge in [0.15, 0.2) is 10.9 Å². The molecule has 0 unspecified atom stereocenters. The number of ether oxygens (including phenoxy) is 1. The number of hydrogen-bond acceptors (Lipinski definition) is 4. The summed E-state index contributed by atoms with van der Waals surface area (Å²) in [6.07, 6.45) is 0. The lowest BCUT2D eigenvalue weighted by atomic mass is 10.2. The number of rotatable bonds is 9. The van der Waals surface area contributed by atoms with E-state index >= 15 is 0 Å². The monoisotopic (exact) mass is 377 g/mol. The van der Waals surface area contributed by atoms with Gasteiger partial charge in [-0.2, -0.15) is 0 Å². The summed E-state index contributed by atoms with van der Waals surface area (Å²) in [5.41, 5.74) is 5.15. The highest BCUT2D eigenvalue weighted by molar-refractivity contribution is 7.99. The molecule has 0 aliphatic heterocycles. The van der Waals surface area contributed by atoms with Gasteiger partial charge >= 0.3 is 0 Å². The van der Waals surface area contributed by atoms with E-state index in [9.17, 15) is 4.79 Å². The molecule has 0 aliphatic carbocycles. The summed E-state index contributed by atoms with van der Waals surface area (Å²) < 4.78 is 9.55. The number of Topliss-reactive ketones (excluding diaryl/α,β-unsaturated/α-hetero) is 1. The predicted molar refractivity (Wildman–Crippen MR) is 107 cm³/mol. The van der Waals surface area contributed by atoms with E-state index in [1.165, 1.54) is 17.5 Å². The first-order valence-corrected chi connectivity index (χ1v) is 10.1. The predicted octanol–water partition coefficient (Wildman–Crippen LogP) is 4.20. The van der Waals surface area contributed by atoms with Crippen LogP contribution in [0.3, 0.4) is 0 Å². The maximum absolute atomic E-state index is 12.8. The Balaban J connectivity index is 2.14. The Hall–Kier alpha value is -1.53. The molecule has 5 nitrogen and oxygen atoms in total. The van der Waals surface area contributed by atoms with Gasteiger partial charge in [-0.25, -0.2) is 4.98 Å². The van der Waals surface area contributed by atoms with Crippen LogP contribution < -0.4 is 0 Å². The highest BCUT2D eigenvalue weighted by Crippen LogP contribution is 2.25. The molecule has 0 saturated carbocycles. The topological polar surface area (TPSA) is 49.1 Å². The number of carbonyl (C=O) groups excluding carboxylic acids is 1. The molecule has 2 aromatic heterocycles. The minimum atomic E-state index is 0.154. The van der Waals surface area contributed by atoms with Gasteiger partial charge < -0.3 is 13.9 Å². The molecular weight excluding hydrogens is 346 g/mol. The SMILES string of the molecule is COCCn1c(C)cc(C(=O)CSc2nc(C)c(C)n2CC(C)C)c1C. The third-order valence-electron chi connectivity index (χ3n) is 4.70. The first-order valence-electron chi connectivity index (χ1n) is 9.11. The first kappa shape index (κ1) is 20.8. The van der Waals surface area contributed by atoms with Crippen LogP contribution in [-0.2, 0) is 17.8 Å². The number of aryl methyl sites for hydroxylation is 2. The zero-order valence-electron chi connectivity index (χ0n) is 17.0. The van der Waals surface area contributed by atoms with Crippen molar-refractivity contribution in [2.45, 2.75) is 59.8 Å². The summed E-state index contributed by atoms with van der Waals surface area (Å²) in [5.74, 6) is 1.10. The average Bonchev–Trinajstić information content (AvgIpc) is 3.01. The van der Waals surface area contributed by atoms with Crippen LogP contribution >= 0.6 is 11.8 Å². The normalized spacial score (nSPS) is 11.5. The molecule has 0 atom stereocenters. The fraction of sp³-hybridized carbons (Fsp3) is 0.600. The van der Waals surface area contributed by atoms with Crippen molar-refractivity contribution >= 4 is 17.5 Å². The van der Waals surface area contributed by atoms with Crippen LogP contribution in [0.1, 0.15) is 47.0 Å². The van der Waals surface area contributed by atoms with E-state index in [2.05, 4.69) is 34.9 Å². The van der Waals surface area contributed by atoms with Gasteiger partial charge in [-0.15, -0.1) is 0 Å². The van der Waals surface area contributed by atoms with Crippen LogP contribution in [-0.4, -0.2) is 39.4 Å². The molecule has 0 spiro atoms. The van der Waals surface area contributed by atoms with Crippen molar-refractivity contribution in [3.8, 4) is 0 Å². The fourth-order valence-electron chi connectivity index (χ4n) is 3.13. The van der Waals surface area contributed by atoms with Gasteiger partial charge in [0.25, 0.3) is 0 Å². The van der Waals surface area contributed by atoms with E-state index in [0.717, 1.165) is 40.9 Å². The summed E-state index contributed by atoms with van der Waals surface area (Å²) in [4.78, 5) is 17.5. The number of nitrogens with zero attached hydrogens (tertiary/aromatic N) is 3. The lowest BCUT2D eigenvalue weighted by Gasteiger charge is -2.12. The largest absolute Gasteiger partial charge is 0.383 e. The molecule has 2 rings (SSSR count). The number of ketones is 1. The minimum Gasteiger partial charge on any atom is -0.383 e. The molecule has 0 bridgehead atoms. The van der Waals surface area contributed by atoms with Crippen LogP contribution in [0.5, 0.6) is 0 Å². The van der Waals surface area contributed by atoms with E-state index in [0.29, 0.717) is 18.3 Å². The van der Waals surface area contributed by atoms with E-state index in [1.807, 2.05) is 26.8 Å². The highest BCUT2D eigenvalue weighted by Gasteiger charge is 2.18. The summed E-state index contributed by atoms with van der Waals surface area (Å²) in [6.45, 7) is 14.9. The number of hydrogen-bond donors (Lipinski definition) is 0. The second kappa shape index (κ2) is 8.91. The van der Waals surface area contributed by atoms with Crippen molar-refractivity contribution in [2.24, 2.45) is 5.92 Å². The van der Waals surface area contributed by atoms with Crippen molar-refractivity contribution < 1.29 is 9.53 Å². The zero-order valence-corrected chi connectivity index (χ0v) is 17.9.